The Morgan fingerprint density at radius 1 is 1.43 bits per heavy atom. The number of carbonyl (C=O) groups is 1. The maximum absolute atomic E-state index is 13.8. The number of nitrogens with zero attached hydrogens (tertiary/aromatic N) is 2. The fourth-order valence-corrected chi connectivity index (χ4v) is 1.76. The number of carbonyl (C=O) groups excluding carboxylic acids is 1. The normalized spacial score (nSPS) is 10.4. The van der Waals surface area contributed by atoms with Gasteiger partial charge in [-0.1, -0.05) is 12.1 Å². The quantitative estimate of drug-likeness (QED) is 0.844. The van der Waals surface area contributed by atoms with Gasteiger partial charge >= 0.3 is 5.97 Å². The number of hydrogen-bond acceptors (Lipinski definition) is 5. The van der Waals surface area contributed by atoms with Crippen LogP contribution in [0.4, 0.5) is 4.39 Å². The molecule has 0 bridgehead atoms. The van der Waals surface area contributed by atoms with Crippen LogP contribution < -0.4 is 5.43 Å². The molecule has 0 saturated carbocycles. The first-order chi connectivity index (χ1) is 10.0. The summed E-state index contributed by atoms with van der Waals surface area (Å²) in [6.07, 6.45) is 0. The molecule has 1 aromatic carbocycles. The molecule has 2 rings (SSSR count). The number of benzene rings is 1. The Labute approximate surface area is 119 Å². The second-order valence-electron chi connectivity index (χ2n) is 4.22. The van der Waals surface area contributed by atoms with Gasteiger partial charge in [0.1, 0.15) is 18.1 Å². The Hall–Kier alpha value is -2.54. The van der Waals surface area contributed by atoms with Crippen molar-refractivity contribution in [2.45, 2.75) is 6.92 Å². The first-order valence-electron chi connectivity index (χ1n) is 6.18. The lowest BCUT2D eigenvalue weighted by molar-refractivity contribution is 0.0423. The minimum atomic E-state index is -0.959. The summed E-state index contributed by atoms with van der Waals surface area (Å²) in [4.78, 5) is 23.5. The zero-order valence-electron chi connectivity index (χ0n) is 11.2. The van der Waals surface area contributed by atoms with Crippen molar-refractivity contribution in [2.75, 3.05) is 13.2 Å². The molecule has 0 aliphatic heterocycles. The Morgan fingerprint density at radius 3 is 2.81 bits per heavy atom. The molecular formula is C14H13FN2O4. The van der Waals surface area contributed by atoms with Crippen LogP contribution in [0.25, 0.3) is 5.69 Å². The minimum absolute atomic E-state index is 0.117. The number of rotatable bonds is 4. The number of halogens is 1. The maximum atomic E-state index is 13.8. The van der Waals surface area contributed by atoms with Crippen LogP contribution in [0.5, 0.6) is 0 Å². The average Bonchev–Trinajstić information content (AvgIpc) is 2.46. The number of aliphatic hydroxyl groups excluding tert-OH is 1. The van der Waals surface area contributed by atoms with Gasteiger partial charge in [-0.2, -0.15) is 5.10 Å². The van der Waals surface area contributed by atoms with E-state index in [0.29, 0.717) is 5.69 Å². The Bertz CT molecular complexity index is 727. The van der Waals surface area contributed by atoms with Crippen LogP contribution in [0.2, 0.25) is 0 Å². The Kier molecular flexibility index (Phi) is 4.44. The lowest BCUT2D eigenvalue weighted by atomic mass is 10.2. The van der Waals surface area contributed by atoms with Crippen molar-refractivity contribution in [3.05, 3.63) is 57.8 Å². The fourth-order valence-electron chi connectivity index (χ4n) is 1.76. The van der Waals surface area contributed by atoms with Crippen LogP contribution in [0.3, 0.4) is 0 Å². The number of para-hydroxylation sites is 1. The molecule has 1 heterocycles. The van der Waals surface area contributed by atoms with Crippen molar-refractivity contribution in [3.63, 3.8) is 0 Å². The van der Waals surface area contributed by atoms with Crippen LogP contribution in [0.15, 0.2) is 35.1 Å². The maximum Gasteiger partial charge on any atom is 0.363 e. The molecule has 0 saturated heterocycles. The molecule has 0 aliphatic carbocycles. The molecule has 0 fully saturated rings. The van der Waals surface area contributed by atoms with Gasteiger partial charge in [-0.15, -0.1) is 0 Å². The predicted octanol–water partition coefficient (Wildman–Crippen LogP) is 0.829. The van der Waals surface area contributed by atoms with Crippen LogP contribution in [0.1, 0.15) is 16.2 Å². The first kappa shape index (κ1) is 14.9. The zero-order valence-corrected chi connectivity index (χ0v) is 11.2. The summed E-state index contributed by atoms with van der Waals surface area (Å²) in [5.74, 6) is -1.49. The summed E-state index contributed by atoms with van der Waals surface area (Å²) in [5, 5.41) is 12.5. The molecule has 0 radical (unpaired) electrons. The first-order valence-corrected chi connectivity index (χ1v) is 6.18. The Balaban J connectivity index is 2.51. The van der Waals surface area contributed by atoms with Gasteiger partial charge in [0.15, 0.2) is 0 Å². The molecule has 2 aromatic rings. The number of esters is 1. The molecule has 0 aliphatic rings. The van der Waals surface area contributed by atoms with E-state index in [1.165, 1.54) is 24.3 Å². The van der Waals surface area contributed by atoms with Gasteiger partial charge in [-0.25, -0.2) is 13.9 Å². The third-order valence-electron chi connectivity index (χ3n) is 2.71. The SMILES string of the molecule is Cc1cc(=O)c(C(=O)OCCO)nn1-c1ccccc1F. The van der Waals surface area contributed by atoms with Crippen LogP contribution in [-0.2, 0) is 4.74 Å². The number of aryl methyl sites for hydroxylation is 1. The highest BCUT2D eigenvalue weighted by atomic mass is 19.1. The van der Waals surface area contributed by atoms with Gasteiger partial charge < -0.3 is 9.84 Å². The van der Waals surface area contributed by atoms with Gasteiger partial charge in [-0.3, -0.25) is 4.79 Å². The van der Waals surface area contributed by atoms with Gasteiger partial charge in [-0.05, 0) is 19.1 Å². The molecule has 6 nitrogen and oxygen atoms in total. The lowest BCUT2D eigenvalue weighted by Crippen LogP contribution is -2.25. The van der Waals surface area contributed by atoms with Gasteiger partial charge in [0.2, 0.25) is 11.1 Å². The summed E-state index contributed by atoms with van der Waals surface area (Å²) >= 11 is 0. The number of aromatic nitrogens is 2. The number of hydrogen-bond donors (Lipinski definition) is 1. The van der Waals surface area contributed by atoms with Gasteiger partial charge in [0, 0.05) is 11.8 Å². The average molecular weight is 292 g/mol. The van der Waals surface area contributed by atoms with Crippen molar-refractivity contribution in [3.8, 4) is 5.69 Å². The smallest absolute Gasteiger partial charge is 0.363 e. The van der Waals surface area contributed by atoms with E-state index < -0.39 is 22.9 Å². The highest BCUT2D eigenvalue weighted by molar-refractivity contribution is 5.86. The van der Waals surface area contributed by atoms with E-state index in [0.717, 1.165) is 4.68 Å². The summed E-state index contributed by atoms with van der Waals surface area (Å²) in [5.41, 5.74) is -0.588. The van der Waals surface area contributed by atoms with E-state index >= 15 is 0 Å². The van der Waals surface area contributed by atoms with Crippen molar-refractivity contribution >= 4 is 5.97 Å². The highest BCUT2D eigenvalue weighted by Gasteiger charge is 2.17. The summed E-state index contributed by atoms with van der Waals surface area (Å²) in [6.45, 7) is 0.969. The van der Waals surface area contributed by atoms with Crippen molar-refractivity contribution in [1.82, 2.24) is 9.78 Å². The molecule has 110 valence electrons. The summed E-state index contributed by atoms with van der Waals surface area (Å²) in [7, 11) is 0. The predicted molar refractivity (Wildman–Crippen MR) is 71.9 cm³/mol. The van der Waals surface area contributed by atoms with E-state index in [1.54, 1.807) is 13.0 Å². The number of aliphatic hydroxyl groups is 1. The largest absolute Gasteiger partial charge is 0.458 e. The Morgan fingerprint density at radius 2 is 2.14 bits per heavy atom. The fraction of sp³-hybridized carbons (Fsp3) is 0.214. The summed E-state index contributed by atoms with van der Waals surface area (Å²) in [6, 6.07) is 7.03. The zero-order chi connectivity index (χ0) is 15.4. The second kappa shape index (κ2) is 6.27. The molecule has 7 heteroatoms. The third kappa shape index (κ3) is 3.14. The molecule has 0 amide bonds. The van der Waals surface area contributed by atoms with Gasteiger partial charge in [0.05, 0.1) is 6.61 Å². The molecule has 0 atom stereocenters. The van der Waals surface area contributed by atoms with Crippen LogP contribution in [0, 0.1) is 12.7 Å². The molecule has 0 spiro atoms. The summed E-state index contributed by atoms with van der Waals surface area (Å²) < 4.78 is 19.6. The van der Waals surface area contributed by atoms with Gasteiger partial charge in [0.25, 0.3) is 0 Å². The van der Waals surface area contributed by atoms with Crippen molar-refractivity contribution in [1.29, 1.82) is 0 Å². The minimum Gasteiger partial charge on any atom is -0.458 e. The second-order valence-corrected chi connectivity index (χ2v) is 4.22. The standard InChI is InChI=1S/C14H13FN2O4/c1-9-8-12(19)13(14(20)21-7-6-18)16-17(9)11-5-3-2-4-10(11)15/h2-5,8,18H,6-7H2,1H3. The molecule has 21 heavy (non-hydrogen) atoms. The highest BCUT2D eigenvalue weighted by Crippen LogP contribution is 2.13. The van der Waals surface area contributed by atoms with Crippen molar-refractivity contribution < 1.29 is 19.0 Å². The molecule has 1 aromatic heterocycles. The van der Waals surface area contributed by atoms with Crippen LogP contribution >= 0.6 is 0 Å². The molecule has 0 unspecified atom stereocenters. The third-order valence-corrected chi connectivity index (χ3v) is 2.71. The molecule has 1 N–H and O–H groups in total. The topological polar surface area (TPSA) is 81.4 Å². The van der Waals surface area contributed by atoms with E-state index in [9.17, 15) is 14.0 Å². The van der Waals surface area contributed by atoms with E-state index in [-0.39, 0.29) is 18.9 Å². The lowest BCUT2D eigenvalue weighted by Gasteiger charge is -2.11. The van der Waals surface area contributed by atoms with E-state index in [2.05, 4.69) is 9.84 Å². The number of ether oxygens (including phenoxy) is 1. The molecular weight excluding hydrogens is 279 g/mol. The monoisotopic (exact) mass is 292 g/mol. The van der Waals surface area contributed by atoms with Crippen molar-refractivity contribution in [2.24, 2.45) is 0 Å². The van der Waals surface area contributed by atoms with E-state index in [1.807, 2.05) is 0 Å². The van der Waals surface area contributed by atoms with Crippen LogP contribution in [-0.4, -0.2) is 34.1 Å². The van der Waals surface area contributed by atoms with E-state index in [4.69, 9.17) is 5.11 Å².